The van der Waals surface area contributed by atoms with Gasteiger partial charge in [0.2, 0.25) is 0 Å². The minimum atomic E-state index is -0.602. The molecule has 0 aromatic heterocycles. The van der Waals surface area contributed by atoms with Gasteiger partial charge in [0.05, 0.1) is 0 Å². The fraction of sp³-hybridized carbons (Fsp3) is 0.600. The van der Waals surface area contributed by atoms with Gasteiger partial charge in [0.15, 0.2) is 11.6 Å². The minimum absolute atomic E-state index is 0.145. The van der Waals surface area contributed by atoms with E-state index in [1.807, 2.05) is 13.8 Å². The topological polar surface area (TPSA) is 86.7 Å². The van der Waals surface area contributed by atoms with E-state index in [4.69, 9.17) is 9.47 Å². The van der Waals surface area contributed by atoms with E-state index in [0.717, 1.165) is 0 Å². The van der Waals surface area contributed by atoms with Crippen LogP contribution in [-0.4, -0.2) is 35.7 Å². The Hall–Kier alpha value is -2.24. The summed E-state index contributed by atoms with van der Waals surface area (Å²) in [5, 5.41) is 0. The fourth-order valence-electron chi connectivity index (χ4n) is 4.21. The summed E-state index contributed by atoms with van der Waals surface area (Å²) in [7, 11) is 0. The summed E-state index contributed by atoms with van der Waals surface area (Å²) >= 11 is 0. The number of hydrogen-bond donors (Lipinski definition) is 0. The van der Waals surface area contributed by atoms with Gasteiger partial charge in [0.1, 0.15) is 12.2 Å². The molecule has 6 nitrogen and oxygen atoms in total. The average molecular weight is 362 g/mol. The molecule has 0 spiro atoms. The Bertz CT molecular complexity index is 591. The number of rotatable bonds is 5. The third-order valence-electron chi connectivity index (χ3n) is 5.26. The molecule has 26 heavy (non-hydrogen) atoms. The van der Waals surface area contributed by atoms with Crippen LogP contribution < -0.4 is 0 Å². The van der Waals surface area contributed by atoms with E-state index in [1.54, 1.807) is 12.2 Å². The van der Waals surface area contributed by atoms with Gasteiger partial charge in [0.25, 0.3) is 0 Å². The molecular formula is C20H26O6. The third kappa shape index (κ3) is 4.11. The van der Waals surface area contributed by atoms with E-state index in [-0.39, 0.29) is 23.4 Å². The van der Waals surface area contributed by atoms with E-state index < -0.39 is 36.0 Å². The number of esters is 2. The van der Waals surface area contributed by atoms with Gasteiger partial charge in [-0.3, -0.25) is 19.2 Å². The standard InChI is InChI=1S/C20H26O6/c1-5-13-17(25-11(3)21)9-7-15(23)19(13)20-14(6-2)18(26-12(4)22)10-8-16(20)24/h7-10,13-14,17-20H,5-6H2,1-4H3/t13-,14-,17+,18+,19+,20+/m0/s1. The molecule has 0 fully saturated rings. The number of ketones is 2. The zero-order valence-electron chi connectivity index (χ0n) is 15.6. The van der Waals surface area contributed by atoms with Gasteiger partial charge in [-0.25, -0.2) is 0 Å². The maximum atomic E-state index is 12.7. The van der Waals surface area contributed by atoms with Gasteiger partial charge in [-0.15, -0.1) is 0 Å². The van der Waals surface area contributed by atoms with Crippen molar-refractivity contribution < 1.29 is 28.7 Å². The summed E-state index contributed by atoms with van der Waals surface area (Å²) in [6, 6.07) is 0. The Labute approximate surface area is 153 Å². The molecule has 0 unspecified atom stereocenters. The highest BCUT2D eigenvalue weighted by atomic mass is 16.5. The van der Waals surface area contributed by atoms with Crippen LogP contribution in [0.3, 0.4) is 0 Å². The molecule has 2 aliphatic rings. The van der Waals surface area contributed by atoms with Crippen molar-refractivity contribution in [2.24, 2.45) is 23.7 Å². The fourth-order valence-corrected chi connectivity index (χ4v) is 4.21. The minimum Gasteiger partial charge on any atom is -0.458 e. The Kier molecular flexibility index (Phi) is 6.51. The van der Waals surface area contributed by atoms with Crippen molar-refractivity contribution in [2.45, 2.75) is 52.7 Å². The van der Waals surface area contributed by atoms with Crippen LogP contribution in [-0.2, 0) is 28.7 Å². The summed E-state index contributed by atoms with van der Waals surface area (Å²) in [6.07, 6.45) is 6.10. The van der Waals surface area contributed by atoms with E-state index in [9.17, 15) is 19.2 Å². The lowest BCUT2D eigenvalue weighted by Crippen LogP contribution is -2.49. The molecule has 0 amide bonds. The lowest BCUT2D eigenvalue weighted by molar-refractivity contribution is -0.156. The molecule has 0 radical (unpaired) electrons. The average Bonchev–Trinajstić information content (AvgIpc) is 2.57. The van der Waals surface area contributed by atoms with Crippen molar-refractivity contribution >= 4 is 23.5 Å². The van der Waals surface area contributed by atoms with Crippen molar-refractivity contribution in [3.05, 3.63) is 24.3 Å². The number of carbonyl (C=O) groups excluding carboxylic acids is 4. The highest BCUT2D eigenvalue weighted by Gasteiger charge is 2.49. The van der Waals surface area contributed by atoms with E-state index in [1.165, 1.54) is 26.0 Å². The van der Waals surface area contributed by atoms with Gasteiger partial charge in [-0.2, -0.15) is 0 Å². The van der Waals surface area contributed by atoms with Crippen molar-refractivity contribution in [2.75, 3.05) is 0 Å². The van der Waals surface area contributed by atoms with Gasteiger partial charge in [-0.1, -0.05) is 13.8 Å². The van der Waals surface area contributed by atoms with Crippen LogP contribution >= 0.6 is 0 Å². The second-order valence-electron chi connectivity index (χ2n) is 6.87. The van der Waals surface area contributed by atoms with Crippen LogP contribution in [0.15, 0.2) is 24.3 Å². The normalized spacial score (nSPS) is 33.8. The van der Waals surface area contributed by atoms with Crippen molar-refractivity contribution in [3.8, 4) is 0 Å². The van der Waals surface area contributed by atoms with Crippen LogP contribution in [0.25, 0.3) is 0 Å². The van der Waals surface area contributed by atoms with Gasteiger partial charge >= 0.3 is 11.9 Å². The zero-order chi connectivity index (χ0) is 19.4. The molecule has 0 bridgehead atoms. The zero-order valence-corrected chi connectivity index (χ0v) is 15.6. The maximum Gasteiger partial charge on any atom is 0.303 e. The SMILES string of the molecule is CC[C@@H]1[C@@H]([C@H]2C(=O)C=C[C@@H](OC(C)=O)[C@@H]2CC)C(=O)C=C[C@H]1OC(C)=O. The Morgan fingerprint density at radius 2 is 1.15 bits per heavy atom. The van der Waals surface area contributed by atoms with Gasteiger partial charge < -0.3 is 9.47 Å². The van der Waals surface area contributed by atoms with Crippen LogP contribution in [0.1, 0.15) is 40.5 Å². The first kappa shape index (κ1) is 20.1. The molecule has 0 aromatic carbocycles. The van der Waals surface area contributed by atoms with Crippen molar-refractivity contribution in [3.63, 3.8) is 0 Å². The summed E-state index contributed by atoms with van der Waals surface area (Å²) in [6.45, 7) is 6.47. The van der Waals surface area contributed by atoms with Gasteiger partial charge in [-0.05, 0) is 37.1 Å². The molecule has 6 atom stereocenters. The van der Waals surface area contributed by atoms with Crippen molar-refractivity contribution in [1.29, 1.82) is 0 Å². The summed E-state index contributed by atoms with van der Waals surface area (Å²) in [5.74, 6) is -2.92. The van der Waals surface area contributed by atoms with Crippen LogP contribution in [0.5, 0.6) is 0 Å². The third-order valence-corrected chi connectivity index (χ3v) is 5.26. The quantitative estimate of drug-likeness (QED) is 0.698. The molecule has 0 heterocycles. The summed E-state index contributed by atoms with van der Waals surface area (Å²) in [5.41, 5.74) is 0. The molecule has 0 saturated heterocycles. The molecule has 142 valence electrons. The molecular weight excluding hydrogens is 336 g/mol. The summed E-state index contributed by atoms with van der Waals surface area (Å²) in [4.78, 5) is 48.3. The van der Waals surface area contributed by atoms with E-state index in [0.29, 0.717) is 12.8 Å². The Morgan fingerprint density at radius 3 is 1.42 bits per heavy atom. The molecule has 2 aliphatic carbocycles. The first-order valence-electron chi connectivity index (χ1n) is 9.08. The molecule has 0 saturated carbocycles. The summed E-state index contributed by atoms with van der Waals surface area (Å²) < 4.78 is 10.7. The molecule has 0 N–H and O–H groups in total. The monoisotopic (exact) mass is 362 g/mol. The number of ether oxygens (including phenoxy) is 2. The Morgan fingerprint density at radius 1 is 0.808 bits per heavy atom. The second-order valence-corrected chi connectivity index (χ2v) is 6.87. The number of carbonyl (C=O) groups is 4. The van der Waals surface area contributed by atoms with Gasteiger partial charge in [0, 0.05) is 37.5 Å². The van der Waals surface area contributed by atoms with E-state index >= 15 is 0 Å². The highest BCUT2D eigenvalue weighted by Crippen LogP contribution is 2.42. The maximum absolute atomic E-state index is 12.7. The molecule has 0 aromatic rings. The second kappa shape index (κ2) is 8.43. The first-order chi connectivity index (χ1) is 12.3. The lowest BCUT2D eigenvalue weighted by atomic mass is 9.63. The van der Waals surface area contributed by atoms with Crippen LogP contribution in [0.4, 0.5) is 0 Å². The predicted molar refractivity (Wildman–Crippen MR) is 93.9 cm³/mol. The van der Waals surface area contributed by atoms with Crippen LogP contribution in [0.2, 0.25) is 0 Å². The van der Waals surface area contributed by atoms with Crippen molar-refractivity contribution in [1.82, 2.24) is 0 Å². The molecule has 6 heteroatoms. The van der Waals surface area contributed by atoms with E-state index in [2.05, 4.69) is 0 Å². The molecule has 0 aliphatic heterocycles. The highest BCUT2D eigenvalue weighted by molar-refractivity contribution is 6.01. The first-order valence-corrected chi connectivity index (χ1v) is 9.08. The number of allylic oxidation sites excluding steroid dienone is 2. The lowest BCUT2D eigenvalue weighted by Gasteiger charge is -2.42. The number of hydrogen-bond acceptors (Lipinski definition) is 6. The van der Waals surface area contributed by atoms with Crippen LogP contribution in [0, 0.1) is 23.7 Å². The Balaban J connectivity index is 2.40. The predicted octanol–water partition coefficient (Wildman–Crippen LogP) is 2.41. The largest absolute Gasteiger partial charge is 0.458 e. The molecule has 2 rings (SSSR count). The smallest absolute Gasteiger partial charge is 0.303 e.